The first kappa shape index (κ1) is 14.2. The summed E-state index contributed by atoms with van der Waals surface area (Å²) in [6, 6.07) is 6.06. The van der Waals surface area contributed by atoms with E-state index in [9.17, 15) is 9.18 Å². The third-order valence-corrected chi connectivity index (χ3v) is 2.57. The number of halogens is 1. The molecule has 0 atom stereocenters. The molecule has 1 heterocycles. The van der Waals surface area contributed by atoms with Gasteiger partial charge < -0.3 is 9.84 Å². The Balaban J connectivity index is 1.97. The summed E-state index contributed by atoms with van der Waals surface area (Å²) >= 11 is 0. The van der Waals surface area contributed by atoms with Gasteiger partial charge in [0.1, 0.15) is 5.82 Å². The van der Waals surface area contributed by atoms with E-state index in [-0.39, 0.29) is 24.2 Å². The van der Waals surface area contributed by atoms with Crippen LogP contribution in [0, 0.1) is 5.82 Å². The van der Waals surface area contributed by atoms with Crippen LogP contribution in [-0.4, -0.2) is 22.1 Å². The molecule has 20 heavy (non-hydrogen) atoms. The van der Waals surface area contributed by atoms with Crippen molar-refractivity contribution in [1.29, 1.82) is 0 Å². The van der Waals surface area contributed by atoms with Gasteiger partial charge in [-0.15, -0.1) is 0 Å². The SMILES string of the molecule is CC(C)NC(=O)CCc1nc(-c2cccc(F)c2)no1. The van der Waals surface area contributed by atoms with Crippen LogP contribution in [-0.2, 0) is 11.2 Å². The molecule has 106 valence electrons. The summed E-state index contributed by atoms with van der Waals surface area (Å²) in [7, 11) is 0. The van der Waals surface area contributed by atoms with Crippen LogP contribution in [0.1, 0.15) is 26.2 Å². The number of aryl methyl sites for hydroxylation is 1. The van der Waals surface area contributed by atoms with E-state index in [0.29, 0.717) is 23.7 Å². The summed E-state index contributed by atoms with van der Waals surface area (Å²) < 4.78 is 18.1. The smallest absolute Gasteiger partial charge is 0.227 e. The van der Waals surface area contributed by atoms with Gasteiger partial charge in [0.25, 0.3) is 0 Å². The second-order valence-electron chi connectivity index (χ2n) is 4.74. The number of carbonyl (C=O) groups excluding carboxylic acids is 1. The number of benzene rings is 1. The maximum absolute atomic E-state index is 13.1. The van der Waals surface area contributed by atoms with Crippen molar-refractivity contribution >= 4 is 5.91 Å². The highest BCUT2D eigenvalue weighted by Crippen LogP contribution is 2.17. The van der Waals surface area contributed by atoms with E-state index in [1.54, 1.807) is 12.1 Å². The van der Waals surface area contributed by atoms with Gasteiger partial charge in [-0.05, 0) is 26.0 Å². The highest BCUT2D eigenvalue weighted by atomic mass is 19.1. The van der Waals surface area contributed by atoms with Gasteiger partial charge in [-0.1, -0.05) is 17.3 Å². The number of carbonyl (C=O) groups is 1. The van der Waals surface area contributed by atoms with Crippen molar-refractivity contribution < 1.29 is 13.7 Å². The minimum atomic E-state index is -0.356. The van der Waals surface area contributed by atoms with Crippen molar-refractivity contribution in [2.75, 3.05) is 0 Å². The van der Waals surface area contributed by atoms with Gasteiger partial charge in [-0.25, -0.2) is 4.39 Å². The van der Waals surface area contributed by atoms with E-state index in [2.05, 4.69) is 15.5 Å². The molecule has 0 bridgehead atoms. The average Bonchev–Trinajstić information content (AvgIpc) is 2.84. The third kappa shape index (κ3) is 3.88. The van der Waals surface area contributed by atoms with Crippen LogP contribution < -0.4 is 5.32 Å². The Morgan fingerprint density at radius 1 is 1.45 bits per heavy atom. The van der Waals surface area contributed by atoms with E-state index in [1.807, 2.05) is 13.8 Å². The average molecular weight is 277 g/mol. The molecule has 0 unspecified atom stereocenters. The van der Waals surface area contributed by atoms with Gasteiger partial charge in [0.15, 0.2) is 0 Å². The second-order valence-corrected chi connectivity index (χ2v) is 4.74. The van der Waals surface area contributed by atoms with E-state index in [0.717, 1.165) is 0 Å². The van der Waals surface area contributed by atoms with Crippen molar-refractivity contribution in [3.63, 3.8) is 0 Å². The second kappa shape index (κ2) is 6.27. The Bertz CT molecular complexity index is 596. The van der Waals surface area contributed by atoms with Crippen LogP contribution >= 0.6 is 0 Å². The molecule has 0 aliphatic carbocycles. The number of nitrogens with zero attached hydrogens (tertiary/aromatic N) is 2. The topological polar surface area (TPSA) is 68.0 Å². The quantitative estimate of drug-likeness (QED) is 0.910. The standard InChI is InChI=1S/C14H16FN3O2/c1-9(2)16-12(19)6-7-13-17-14(18-20-13)10-4-3-5-11(15)8-10/h3-5,8-9H,6-7H2,1-2H3,(H,16,19). The van der Waals surface area contributed by atoms with Crippen molar-refractivity contribution in [2.24, 2.45) is 0 Å². The van der Waals surface area contributed by atoms with Gasteiger partial charge in [-0.3, -0.25) is 4.79 Å². The maximum atomic E-state index is 13.1. The summed E-state index contributed by atoms with van der Waals surface area (Å²) in [5.74, 6) is 0.266. The predicted molar refractivity (Wildman–Crippen MR) is 71.3 cm³/mol. The molecule has 1 N–H and O–H groups in total. The molecular weight excluding hydrogens is 261 g/mol. The first-order valence-corrected chi connectivity index (χ1v) is 6.42. The van der Waals surface area contributed by atoms with Crippen molar-refractivity contribution in [3.8, 4) is 11.4 Å². The van der Waals surface area contributed by atoms with E-state index < -0.39 is 0 Å². The minimum absolute atomic E-state index is 0.0643. The van der Waals surface area contributed by atoms with E-state index >= 15 is 0 Å². The molecule has 0 radical (unpaired) electrons. The Kier molecular flexibility index (Phi) is 4.45. The largest absolute Gasteiger partial charge is 0.354 e. The van der Waals surface area contributed by atoms with Crippen LogP contribution in [0.2, 0.25) is 0 Å². The molecular formula is C14H16FN3O2. The zero-order valence-electron chi connectivity index (χ0n) is 11.4. The van der Waals surface area contributed by atoms with Crippen molar-refractivity contribution in [1.82, 2.24) is 15.5 Å². The Labute approximate surface area is 116 Å². The lowest BCUT2D eigenvalue weighted by molar-refractivity contribution is -0.121. The summed E-state index contributed by atoms with van der Waals surface area (Å²) in [6.45, 7) is 3.79. The van der Waals surface area contributed by atoms with Crippen LogP contribution in [0.25, 0.3) is 11.4 Å². The fourth-order valence-electron chi connectivity index (χ4n) is 1.72. The normalized spacial score (nSPS) is 10.8. The molecule has 0 spiro atoms. The molecule has 2 rings (SSSR count). The Morgan fingerprint density at radius 2 is 2.25 bits per heavy atom. The lowest BCUT2D eigenvalue weighted by atomic mass is 10.2. The zero-order valence-corrected chi connectivity index (χ0v) is 11.4. The van der Waals surface area contributed by atoms with E-state index in [1.165, 1.54) is 12.1 Å². The number of nitrogens with one attached hydrogen (secondary N) is 1. The lowest BCUT2D eigenvalue weighted by Crippen LogP contribution is -2.30. The number of aromatic nitrogens is 2. The molecule has 0 aliphatic rings. The predicted octanol–water partition coefficient (Wildman–Crippen LogP) is 2.33. The van der Waals surface area contributed by atoms with Gasteiger partial charge >= 0.3 is 0 Å². The van der Waals surface area contributed by atoms with Crippen molar-refractivity contribution in [2.45, 2.75) is 32.7 Å². The highest BCUT2D eigenvalue weighted by Gasteiger charge is 2.11. The van der Waals surface area contributed by atoms with Crippen LogP contribution in [0.4, 0.5) is 4.39 Å². The molecule has 6 heteroatoms. The van der Waals surface area contributed by atoms with Crippen LogP contribution in [0.3, 0.4) is 0 Å². The maximum Gasteiger partial charge on any atom is 0.227 e. The molecule has 1 aromatic carbocycles. The number of amides is 1. The summed E-state index contributed by atoms with van der Waals surface area (Å²) in [5, 5.41) is 6.56. The summed E-state index contributed by atoms with van der Waals surface area (Å²) in [5.41, 5.74) is 0.548. The first-order valence-electron chi connectivity index (χ1n) is 6.42. The number of hydrogen-bond donors (Lipinski definition) is 1. The summed E-state index contributed by atoms with van der Waals surface area (Å²) in [6.07, 6.45) is 0.643. The van der Waals surface area contributed by atoms with Gasteiger partial charge in [0, 0.05) is 24.4 Å². The molecule has 0 saturated heterocycles. The molecule has 5 nitrogen and oxygen atoms in total. The molecule has 1 aromatic heterocycles. The Hall–Kier alpha value is -2.24. The minimum Gasteiger partial charge on any atom is -0.354 e. The molecule has 0 saturated carbocycles. The first-order chi connectivity index (χ1) is 9.54. The monoisotopic (exact) mass is 277 g/mol. The summed E-state index contributed by atoms with van der Waals surface area (Å²) in [4.78, 5) is 15.6. The Morgan fingerprint density at radius 3 is 2.95 bits per heavy atom. The van der Waals surface area contributed by atoms with Gasteiger partial charge in [-0.2, -0.15) is 4.98 Å². The van der Waals surface area contributed by atoms with Crippen molar-refractivity contribution in [3.05, 3.63) is 36.0 Å². The fraction of sp³-hybridized carbons (Fsp3) is 0.357. The highest BCUT2D eigenvalue weighted by molar-refractivity contribution is 5.76. The zero-order chi connectivity index (χ0) is 14.5. The van der Waals surface area contributed by atoms with Crippen LogP contribution in [0.5, 0.6) is 0 Å². The fourth-order valence-corrected chi connectivity index (χ4v) is 1.72. The lowest BCUT2D eigenvalue weighted by Gasteiger charge is -2.06. The van der Waals surface area contributed by atoms with Gasteiger partial charge in [0.05, 0.1) is 0 Å². The molecule has 0 aliphatic heterocycles. The molecule has 2 aromatic rings. The van der Waals surface area contributed by atoms with E-state index in [4.69, 9.17) is 4.52 Å². The number of rotatable bonds is 5. The van der Waals surface area contributed by atoms with Gasteiger partial charge in [0.2, 0.25) is 17.6 Å². The van der Waals surface area contributed by atoms with Crippen LogP contribution in [0.15, 0.2) is 28.8 Å². The molecule has 0 fully saturated rings. The third-order valence-electron chi connectivity index (χ3n) is 2.57. The number of hydrogen-bond acceptors (Lipinski definition) is 4. The molecule has 1 amide bonds.